The van der Waals surface area contributed by atoms with E-state index in [0.29, 0.717) is 17.9 Å². The van der Waals surface area contributed by atoms with E-state index in [1.807, 2.05) is 0 Å². The maximum Gasteiger partial charge on any atom is 0.228 e. The molecule has 1 saturated heterocycles. The number of nitrogens with one attached hydrogen (secondary N) is 2. The van der Waals surface area contributed by atoms with Gasteiger partial charge in [-0.2, -0.15) is 0 Å². The van der Waals surface area contributed by atoms with Crippen LogP contribution in [0.3, 0.4) is 0 Å². The molecule has 1 saturated carbocycles. The predicted molar refractivity (Wildman–Crippen MR) is 69.7 cm³/mol. The molecule has 3 atom stereocenters. The van der Waals surface area contributed by atoms with Crippen molar-refractivity contribution in [3.63, 3.8) is 0 Å². The molecule has 2 fully saturated rings. The Morgan fingerprint density at radius 3 is 2.82 bits per heavy atom. The van der Waals surface area contributed by atoms with E-state index in [2.05, 4.69) is 31.4 Å². The van der Waals surface area contributed by atoms with Crippen molar-refractivity contribution in [3.05, 3.63) is 0 Å². The number of carbonyl (C=O) groups excluding carboxylic acids is 1. The minimum absolute atomic E-state index is 0.153. The van der Waals surface area contributed by atoms with Gasteiger partial charge in [0, 0.05) is 12.6 Å². The van der Waals surface area contributed by atoms with Crippen LogP contribution in [0.1, 0.15) is 46.5 Å². The van der Waals surface area contributed by atoms with E-state index in [0.717, 1.165) is 25.4 Å². The molecule has 1 aliphatic carbocycles. The second kappa shape index (κ2) is 4.97. The van der Waals surface area contributed by atoms with Crippen LogP contribution in [0, 0.1) is 17.3 Å². The summed E-state index contributed by atoms with van der Waals surface area (Å²) in [5.41, 5.74) is -0.153. The van der Waals surface area contributed by atoms with E-state index in [1.165, 1.54) is 19.3 Å². The molecule has 0 radical (unpaired) electrons. The van der Waals surface area contributed by atoms with Crippen LogP contribution in [-0.2, 0) is 4.79 Å². The zero-order valence-electron chi connectivity index (χ0n) is 11.4. The van der Waals surface area contributed by atoms with Gasteiger partial charge in [-0.25, -0.2) is 0 Å². The van der Waals surface area contributed by atoms with Crippen LogP contribution in [-0.4, -0.2) is 25.0 Å². The largest absolute Gasteiger partial charge is 0.353 e. The van der Waals surface area contributed by atoms with Gasteiger partial charge in [0.15, 0.2) is 0 Å². The quantitative estimate of drug-likeness (QED) is 0.768. The first-order chi connectivity index (χ1) is 8.10. The first-order valence-corrected chi connectivity index (χ1v) is 7.12. The summed E-state index contributed by atoms with van der Waals surface area (Å²) in [4.78, 5) is 12.5. The molecule has 0 bridgehead atoms. The average molecular weight is 238 g/mol. The maximum atomic E-state index is 12.5. The summed E-state index contributed by atoms with van der Waals surface area (Å²) in [6.45, 7) is 8.38. The fourth-order valence-electron chi connectivity index (χ4n) is 3.09. The number of rotatable bonds is 5. The second-order valence-electron chi connectivity index (χ2n) is 6.10. The average Bonchev–Trinajstić information content (AvgIpc) is 2.83. The molecular weight excluding hydrogens is 212 g/mol. The molecule has 2 N–H and O–H groups in total. The summed E-state index contributed by atoms with van der Waals surface area (Å²) in [7, 11) is 0. The third-order valence-corrected chi connectivity index (χ3v) is 4.64. The van der Waals surface area contributed by atoms with Crippen molar-refractivity contribution in [2.24, 2.45) is 17.3 Å². The molecule has 2 aliphatic rings. The van der Waals surface area contributed by atoms with Crippen molar-refractivity contribution in [2.75, 3.05) is 13.1 Å². The smallest absolute Gasteiger partial charge is 0.228 e. The maximum absolute atomic E-state index is 12.5. The molecule has 1 aliphatic heterocycles. The Hall–Kier alpha value is -0.570. The zero-order valence-corrected chi connectivity index (χ0v) is 11.4. The van der Waals surface area contributed by atoms with E-state index >= 15 is 0 Å². The summed E-state index contributed by atoms with van der Waals surface area (Å²) in [6, 6.07) is 0.471. The van der Waals surface area contributed by atoms with Crippen LogP contribution in [0.15, 0.2) is 0 Å². The molecule has 3 nitrogen and oxygen atoms in total. The van der Waals surface area contributed by atoms with Gasteiger partial charge in [0.05, 0.1) is 5.41 Å². The van der Waals surface area contributed by atoms with Crippen molar-refractivity contribution in [3.8, 4) is 0 Å². The van der Waals surface area contributed by atoms with Gasteiger partial charge in [-0.15, -0.1) is 0 Å². The fraction of sp³-hybridized carbons (Fsp3) is 0.929. The summed E-state index contributed by atoms with van der Waals surface area (Å²) in [6.07, 6.45) is 4.68. The van der Waals surface area contributed by atoms with Crippen molar-refractivity contribution >= 4 is 5.91 Å². The Bertz CT molecular complexity index is 282. The lowest BCUT2D eigenvalue weighted by molar-refractivity contribution is -0.132. The summed E-state index contributed by atoms with van der Waals surface area (Å²) in [5, 5.41) is 6.62. The number of carbonyl (C=O) groups is 1. The summed E-state index contributed by atoms with van der Waals surface area (Å²) < 4.78 is 0. The Morgan fingerprint density at radius 2 is 2.29 bits per heavy atom. The fourth-order valence-corrected chi connectivity index (χ4v) is 3.09. The first-order valence-electron chi connectivity index (χ1n) is 7.12. The predicted octanol–water partition coefficient (Wildman–Crippen LogP) is 1.93. The standard InChI is InChI=1S/C14H26N2O/c1-4-5-11-8-12(11)16-13(17)14(10(2)3)6-7-15-9-14/h10-12,15H,4-9H2,1-3H3,(H,16,17). The van der Waals surface area contributed by atoms with Crippen LogP contribution >= 0.6 is 0 Å². The van der Waals surface area contributed by atoms with Crippen LogP contribution in [0.4, 0.5) is 0 Å². The molecule has 0 aromatic heterocycles. The van der Waals surface area contributed by atoms with Gasteiger partial charge >= 0.3 is 0 Å². The molecule has 98 valence electrons. The number of amides is 1. The molecule has 3 unspecified atom stereocenters. The van der Waals surface area contributed by atoms with E-state index < -0.39 is 0 Å². The van der Waals surface area contributed by atoms with Crippen molar-refractivity contribution in [1.29, 1.82) is 0 Å². The van der Waals surface area contributed by atoms with Crippen LogP contribution in [0.5, 0.6) is 0 Å². The molecule has 1 amide bonds. The van der Waals surface area contributed by atoms with Gasteiger partial charge in [-0.05, 0) is 37.6 Å². The SMILES string of the molecule is CCCC1CC1NC(=O)C1(C(C)C)CCNC1. The molecule has 3 heteroatoms. The lowest BCUT2D eigenvalue weighted by Gasteiger charge is -2.31. The monoisotopic (exact) mass is 238 g/mol. The summed E-state index contributed by atoms with van der Waals surface area (Å²) >= 11 is 0. The lowest BCUT2D eigenvalue weighted by atomic mass is 9.75. The molecule has 17 heavy (non-hydrogen) atoms. The molecule has 1 heterocycles. The minimum Gasteiger partial charge on any atom is -0.353 e. The second-order valence-corrected chi connectivity index (χ2v) is 6.10. The lowest BCUT2D eigenvalue weighted by Crippen LogP contribution is -2.47. The van der Waals surface area contributed by atoms with Crippen molar-refractivity contribution in [2.45, 2.75) is 52.5 Å². The third-order valence-electron chi connectivity index (χ3n) is 4.64. The van der Waals surface area contributed by atoms with Crippen molar-refractivity contribution < 1.29 is 4.79 Å². The normalized spacial score (nSPS) is 36.2. The van der Waals surface area contributed by atoms with E-state index in [9.17, 15) is 4.79 Å². The molecule has 0 aromatic carbocycles. The van der Waals surface area contributed by atoms with E-state index in [1.54, 1.807) is 0 Å². The highest BCUT2D eigenvalue weighted by Crippen LogP contribution is 2.38. The summed E-state index contributed by atoms with van der Waals surface area (Å²) in [5.74, 6) is 1.46. The van der Waals surface area contributed by atoms with Crippen LogP contribution < -0.4 is 10.6 Å². The molecule has 2 rings (SSSR count). The zero-order chi connectivity index (χ0) is 12.5. The molecular formula is C14H26N2O. The molecule has 0 aromatic rings. The first kappa shape index (κ1) is 12.9. The topological polar surface area (TPSA) is 41.1 Å². The Balaban J connectivity index is 1.90. The number of hydrogen-bond acceptors (Lipinski definition) is 2. The van der Waals surface area contributed by atoms with Crippen molar-refractivity contribution in [1.82, 2.24) is 10.6 Å². The van der Waals surface area contributed by atoms with Gasteiger partial charge in [0.2, 0.25) is 5.91 Å². The highest BCUT2D eigenvalue weighted by Gasteiger charge is 2.47. The third kappa shape index (κ3) is 2.49. The van der Waals surface area contributed by atoms with E-state index in [-0.39, 0.29) is 5.41 Å². The van der Waals surface area contributed by atoms with Gasteiger partial charge in [0.1, 0.15) is 0 Å². The Labute approximate surface area is 105 Å². The van der Waals surface area contributed by atoms with Gasteiger partial charge in [-0.3, -0.25) is 4.79 Å². The molecule has 0 spiro atoms. The van der Waals surface area contributed by atoms with Gasteiger partial charge in [0.25, 0.3) is 0 Å². The van der Waals surface area contributed by atoms with Gasteiger partial charge < -0.3 is 10.6 Å². The Kier molecular flexibility index (Phi) is 3.76. The minimum atomic E-state index is -0.153. The van der Waals surface area contributed by atoms with Gasteiger partial charge in [-0.1, -0.05) is 27.2 Å². The highest BCUT2D eigenvalue weighted by molar-refractivity contribution is 5.84. The van der Waals surface area contributed by atoms with E-state index in [4.69, 9.17) is 0 Å². The highest BCUT2D eigenvalue weighted by atomic mass is 16.2. The van der Waals surface area contributed by atoms with Crippen LogP contribution in [0.25, 0.3) is 0 Å². The number of hydrogen-bond donors (Lipinski definition) is 2. The van der Waals surface area contributed by atoms with Crippen LogP contribution in [0.2, 0.25) is 0 Å². The Morgan fingerprint density at radius 1 is 1.53 bits per heavy atom.